The smallest absolute Gasteiger partial charge is 0.225 e. The molecule has 2 aliphatic rings. The molecule has 0 atom stereocenters. The van der Waals surface area contributed by atoms with Crippen LogP contribution in [0.5, 0.6) is 0 Å². The predicted octanol–water partition coefficient (Wildman–Crippen LogP) is 1.94. The second kappa shape index (κ2) is 6.71. The summed E-state index contributed by atoms with van der Waals surface area (Å²) in [4.78, 5) is 14.3. The minimum absolute atomic E-state index is 0.131. The molecule has 0 aromatic heterocycles. The van der Waals surface area contributed by atoms with Crippen LogP contribution in [0.3, 0.4) is 0 Å². The number of methoxy groups -OCH3 is 1. The van der Waals surface area contributed by atoms with E-state index in [-0.39, 0.29) is 11.5 Å². The van der Waals surface area contributed by atoms with E-state index >= 15 is 0 Å². The van der Waals surface area contributed by atoms with Crippen molar-refractivity contribution in [3.63, 3.8) is 0 Å². The van der Waals surface area contributed by atoms with Crippen LogP contribution in [0, 0.1) is 0 Å². The lowest BCUT2D eigenvalue weighted by Crippen LogP contribution is -2.49. The van der Waals surface area contributed by atoms with Crippen LogP contribution < -0.4 is 5.32 Å². The van der Waals surface area contributed by atoms with E-state index in [4.69, 9.17) is 4.74 Å². The summed E-state index contributed by atoms with van der Waals surface area (Å²) < 4.78 is 5.55. The van der Waals surface area contributed by atoms with Crippen LogP contribution in [0.15, 0.2) is 0 Å². The first-order chi connectivity index (χ1) is 9.19. The van der Waals surface area contributed by atoms with Crippen molar-refractivity contribution in [2.24, 2.45) is 0 Å². The van der Waals surface area contributed by atoms with Gasteiger partial charge >= 0.3 is 0 Å². The molecule has 1 amide bonds. The number of hydrogen-bond acceptors (Lipinski definition) is 3. The fourth-order valence-corrected chi connectivity index (χ4v) is 3.09. The van der Waals surface area contributed by atoms with Crippen molar-refractivity contribution in [3.8, 4) is 0 Å². The van der Waals surface area contributed by atoms with Gasteiger partial charge in [0, 0.05) is 26.2 Å². The highest BCUT2D eigenvalue weighted by Gasteiger charge is 2.40. The van der Waals surface area contributed by atoms with E-state index in [2.05, 4.69) is 12.2 Å². The third kappa shape index (κ3) is 3.69. The molecule has 1 saturated carbocycles. The zero-order valence-electron chi connectivity index (χ0n) is 12.4. The van der Waals surface area contributed by atoms with Crippen LogP contribution in [0.1, 0.15) is 51.9 Å². The van der Waals surface area contributed by atoms with Gasteiger partial charge in [-0.15, -0.1) is 0 Å². The number of likely N-dealkylation sites (tertiary alicyclic amines) is 1. The Morgan fingerprint density at radius 1 is 1.37 bits per heavy atom. The molecule has 1 aliphatic carbocycles. The first-order valence-corrected chi connectivity index (χ1v) is 7.75. The Kier molecular flexibility index (Phi) is 5.22. The number of nitrogens with one attached hydrogen (secondary N) is 1. The molecule has 1 N–H and O–H groups in total. The summed E-state index contributed by atoms with van der Waals surface area (Å²) >= 11 is 0. The number of hydrogen-bond donors (Lipinski definition) is 1. The Balaban J connectivity index is 1.73. The number of nitrogens with zero attached hydrogens (tertiary/aromatic N) is 1. The summed E-state index contributed by atoms with van der Waals surface area (Å²) in [5.41, 5.74) is -0.131. The van der Waals surface area contributed by atoms with E-state index in [0.29, 0.717) is 12.5 Å². The Hall–Kier alpha value is -0.610. The fourth-order valence-electron chi connectivity index (χ4n) is 3.09. The molecule has 0 aromatic carbocycles. The Labute approximate surface area is 116 Å². The molecule has 0 aromatic rings. The standard InChI is InChI=1S/C15H28N2O2/c1-3-9-16-13-5-10-17(11-6-13)14(18)12-15(19-2)7-4-8-15/h13,16H,3-12H2,1-2H3. The normalized spacial score (nSPS) is 23.2. The van der Waals surface area contributed by atoms with E-state index in [9.17, 15) is 4.79 Å². The molecule has 19 heavy (non-hydrogen) atoms. The Morgan fingerprint density at radius 3 is 2.53 bits per heavy atom. The molecular weight excluding hydrogens is 240 g/mol. The predicted molar refractivity (Wildman–Crippen MR) is 76.1 cm³/mol. The van der Waals surface area contributed by atoms with Crippen molar-refractivity contribution < 1.29 is 9.53 Å². The van der Waals surface area contributed by atoms with Crippen molar-refractivity contribution in [2.75, 3.05) is 26.7 Å². The number of rotatable bonds is 6. The number of amides is 1. The van der Waals surface area contributed by atoms with Gasteiger partial charge < -0.3 is 15.0 Å². The Morgan fingerprint density at radius 2 is 2.05 bits per heavy atom. The molecule has 2 rings (SSSR count). The first kappa shape index (κ1) is 14.8. The van der Waals surface area contributed by atoms with Crippen molar-refractivity contribution in [1.29, 1.82) is 0 Å². The summed E-state index contributed by atoms with van der Waals surface area (Å²) in [6.45, 7) is 5.08. The van der Waals surface area contributed by atoms with E-state index in [1.54, 1.807) is 7.11 Å². The maximum Gasteiger partial charge on any atom is 0.225 e. The monoisotopic (exact) mass is 268 g/mol. The van der Waals surface area contributed by atoms with E-state index < -0.39 is 0 Å². The highest BCUT2D eigenvalue weighted by Crippen LogP contribution is 2.38. The molecule has 1 aliphatic heterocycles. The van der Waals surface area contributed by atoms with Crippen LogP contribution in [-0.4, -0.2) is 49.2 Å². The van der Waals surface area contributed by atoms with Crippen LogP contribution in [-0.2, 0) is 9.53 Å². The average molecular weight is 268 g/mol. The van der Waals surface area contributed by atoms with Crippen molar-refractivity contribution in [3.05, 3.63) is 0 Å². The second-order valence-electron chi connectivity index (χ2n) is 6.03. The van der Waals surface area contributed by atoms with Gasteiger partial charge in [0.2, 0.25) is 5.91 Å². The average Bonchev–Trinajstić information content (AvgIpc) is 2.41. The third-order valence-electron chi connectivity index (χ3n) is 4.70. The van der Waals surface area contributed by atoms with Crippen LogP contribution >= 0.6 is 0 Å². The first-order valence-electron chi connectivity index (χ1n) is 7.75. The highest BCUT2D eigenvalue weighted by molar-refractivity contribution is 5.77. The molecule has 0 radical (unpaired) electrons. The largest absolute Gasteiger partial charge is 0.378 e. The lowest BCUT2D eigenvalue weighted by atomic mass is 9.77. The lowest BCUT2D eigenvalue weighted by Gasteiger charge is -2.42. The zero-order chi connectivity index (χ0) is 13.7. The number of carbonyl (C=O) groups is 1. The van der Waals surface area contributed by atoms with Crippen LogP contribution in [0.25, 0.3) is 0 Å². The van der Waals surface area contributed by atoms with Crippen molar-refractivity contribution in [1.82, 2.24) is 10.2 Å². The fraction of sp³-hybridized carbons (Fsp3) is 0.933. The number of ether oxygens (including phenoxy) is 1. The van der Waals surface area contributed by atoms with E-state index in [1.165, 1.54) is 12.8 Å². The molecule has 0 spiro atoms. The van der Waals surface area contributed by atoms with E-state index in [1.807, 2.05) is 4.90 Å². The summed E-state index contributed by atoms with van der Waals surface area (Å²) in [5, 5.41) is 3.55. The third-order valence-corrected chi connectivity index (χ3v) is 4.70. The topological polar surface area (TPSA) is 41.6 Å². The summed E-state index contributed by atoms with van der Waals surface area (Å²) in [7, 11) is 1.74. The van der Waals surface area contributed by atoms with Crippen molar-refractivity contribution >= 4 is 5.91 Å². The maximum atomic E-state index is 12.3. The molecule has 4 nitrogen and oxygen atoms in total. The second-order valence-corrected chi connectivity index (χ2v) is 6.03. The molecule has 1 saturated heterocycles. The van der Waals surface area contributed by atoms with Crippen LogP contribution in [0.2, 0.25) is 0 Å². The summed E-state index contributed by atoms with van der Waals surface area (Å²) in [5.74, 6) is 0.287. The molecule has 110 valence electrons. The molecule has 0 unspecified atom stereocenters. The lowest BCUT2D eigenvalue weighted by molar-refractivity contribution is -0.145. The summed E-state index contributed by atoms with van der Waals surface area (Å²) in [6.07, 6.45) is 7.22. The van der Waals surface area contributed by atoms with Gasteiger partial charge in [0.15, 0.2) is 0 Å². The molecular formula is C15H28N2O2. The number of piperidine rings is 1. The van der Waals surface area contributed by atoms with Gasteiger partial charge in [-0.2, -0.15) is 0 Å². The van der Waals surface area contributed by atoms with Gasteiger partial charge in [0.1, 0.15) is 0 Å². The molecule has 0 bridgehead atoms. The van der Waals surface area contributed by atoms with E-state index in [0.717, 1.165) is 45.3 Å². The van der Waals surface area contributed by atoms with Gasteiger partial charge in [-0.05, 0) is 45.1 Å². The SMILES string of the molecule is CCCNC1CCN(C(=O)CC2(OC)CCC2)CC1. The van der Waals surface area contributed by atoms with Gasteiger partial charge in [0.25, 0.3) is 0 Å². The number of carbonyl (C=O) groups excluding carboxylic acids is 1. The minimum atomic E-state index is -0.131. The minimum Gasteiger partial charge on any atom is -0.378 e. The molecule has 1 heterocycles. The molecule has 2 fully saturated rings. The highest BCUT2D eigenvalue weighted by atomic mass is 16.5. The van der Waals surface area contributed by atoms with Gasteiger partial charge in [-0.1, -0.05) is 6.92 Å². The quantitative estimate of drug-likeness (QED) is 0.800. The van der Waals surface area contributed by atoms with Crippen LogP contribution in [0.4, 0.5) is 0 Å². The Bertz CT molecular complexity index is 289. The van der Waals surface area contributed by atoms with Gasteiger partial charge in [-0.25, -0.2) is 0 Å². The van der Waals surface area contributed by atoms with Gasteiger partial charge in [-0.3, -0.25) is 4.79 Å². The van der Waals surface area contributed by atoms with Crippen molar-refractivity contribution in [2.45, 2.75) is 63.5 Å². The maximum absolute atomic E-state index is 12.3. The molecule has 4 heteroatoms. The zero-order valence-corrected chi connectivity index (χ0v) is 12.4. The van der Waals surface area contributed by atoms with Gasteiger partial charge in [0.05, 0.1) is 12.0 Å². The summed E-state index contributed by atoms with van der Waals surface area (Å²) in [6, 6.07) is 0.601.